The first kappa shape index (κ1) is 18.1. The fourth-order valence-corrected chi connectivity index (χ4v) is 3.77. The molecule has 0 spiro atoms. The maximum absolute atomic E-state index is 12.3. The van der Waals surface area contributed by atoms with E-state index in [4.69, 9.17) is 11.6 Å². The van der Waals surface area contributed by atoms with Gasteiger partial charge >= 0.3 is 5.97 Å². The van der Waals surface area contributed by atoms with Gasteiger partial charge in [-0.2, -0.15) is 0 Å². The summed E-state index contributed by atoms with van der Waals surface area (Å²) in [6.07, 6.45) is 3.27. The van der Waals surface area contributed by atoms with E-state index in [0.29, 0.717) is 15.5 Å². The Hall–Kier alpha value is -2.69. The molecule has 5 heteroatoms. The molecule has 0 radical (unpaired) electrons. The van der Waals surface area contributed by atoms with Crippen LogP contribution in [0.25, 0.3) is 16.5 Å². The lowest BCUT2D eigenvalue weighted by molar-refractivity contribution is -0.113. The first-order valence-electron chi connectivity index (χ1n) is 7.90. The number of ketones is 1. The van der Waals surface area contributed by atoms with E-state index in [2.05, 4.69) is 0 Å². The standard InChI is InChI=1S/C21H15ClO3S/c22-17-9-7-15(8-10-17)20-19(21(24)25)16(13-26-20)12-18(23)11-6-14-4-2-1-3-5-14/h1-11,13H,12H2,(H,24,25)/b11-6+. The zero-order valence-electron chi connectivity index (χ0n) is 13.7. The molecule has 0 atom stereocenters. The van der Waals surface area contributed by atoms with Crippen LogP contribution < -0.4 is 0 Å². The molecule has 1 aromatic heterocycles. The fraction of sp³-hybridized carbons (Fsp3) is 0.0476. The van der Waals surface area contributed by atoms with Crippen LogP contribution >= 0.6 is 22.9 Å². The molecule has 0 saturated heterocycles. The first-order valence-corrected chi connectivity index (χ1v) is 9.16. The number of hydrogen-bond acceptors (Lipinski definition) is 3. The molecule has 3 rings (SSSR count). The number of rotatable bonds is 6. The van der Waals surface area contributed by atoms with E-state index in [9.17, 15) is 14.7 Å². The van der Waals surface area contributed by atoms with Gasteiger partial charge in [-0.1, -0.05) is 60.1 Å². The number of carbonyl (C=O) groups is 2. The van der Waals surface area contributed by atoms with Gasteiger partial charge in [-0.15, -0.1) is 11.3 Å². The van der Waals surface area contributed by atoms with E-state index in [0.717, 1.165) is 11.1 Å². The van der Waals surface area contributed by atoms with Crippen molar-refractivity contribution in [2.24, 2.45) is 0 Å². The minimum absolute atomic E-state index is 0.0507. The second kappa shape index (κ2) is 8.13. The van der Waals surface area contributed by atoms with Crippen LogP contribution in [0.5, 0.6) is 0 Å². The fourth-order valence-electron chi connectivity index (χ4n) is 2.57. The Labute approximate surface area is 160 Å². The normalized spacial score (nSPS) is 11.0. The minimum Gasteiger partial charge on any atom is -0.478 e. The molecule has 0 unspecified atom stereocenters. The Morgan fingerprint density at radius 3 is 2.38 bits per heavy atom. The zero-order valence-corrected chi connectivity index (χ0v) is 15.3. The zero-order chi connectivity index (χ0) is 18.5. The third-order valence-corrected chi connectivity index (χ3v) is 5.14. The van der Waals surface area contributed by atoms with Gasteiger partial charge in [-0.3, -0.25) is 4.79 Å². The number of halogens is 1. The Kier molecular flexibility index (Phi) is 5.66. The molecule has 3 aromatic rings. The SMILES string of the molecule is O=C(/C=C/c1ccccc1)Cc1csc(-c2ccc(Cl)cc2)c1C(=O)O. The van der Waals surface area contributed by atoms with Crippen LogP contribution in [0.15, 0.2) is 66.1 Å². The lowest BCUT2D eigenvalue weighted by Crippen LogP contribution is -2.05. The van der Waals surface area contributed by atoms with Crippen LogP contribution in [-0.2, 0) is 11.2 Å². The van der Waals surface area contributed by atoms with Crippen molar-refractivity contribution < 1.29 is 14.7 Å². The summed E-state index contributed by atoms with van der Waals surface area (Å²) in [6.45, 7) is 0. The summed E-state index contributed by atoms with van der Waals surface area (Å²) in [5.74, 6) is -1.18. The van der Waals surface area contributed by atoms with Gasteiger partial charge in [0, 0.05) is 16.3 Å². The van der Waals surface area contributed by atoms with Gasteiger partial charge in [0.05, 0.1) is 5.56 Å². The quantitative estimate of drug-likeness (QED) is 0.565. The second-order valence-electron chi connectivity index (χ2n) is 5.66. The Bertz CT molecular complexity index is 957. The third kappa shape index (κ3) is 4.28. The molecule has 0 aliphatic carbocycles. The average molecular weight is 383 g/mol. The third-order valence-electron chi connectivity index (χ3n) is 3.81. The van der Waals surface area contributed by atoms with Crippen LogP contribution in [0.2, 0.25) is 5.02 Å². The number of carbonyl (C=O) groups excluding carboxylic acids is 1. The highest BCUT2D eigenvalue weighted by molar-refractivity contribution is 7.14. The Morgan fingerprint density at radius 2 is 1.73 bits per heavy atom. The van der Waals surface area contributed by atoms with Crippen molar-refractivity contribution in [2.45, 2.75) is 6.42 Å². The van der Waals surface area contributed by atoms with Crippen LogP contribution in [0.3, 0.4) is 0 Å². The lowest BCUT2D eigenvalue weighted by Gasteiger charge is -2.03. The van der Waals surface area contributed by atoms with Crippen LogP contribution in [0.4, 0.5) is 0 Å². The summed E-state index contributed by atoms with van der Waals surface area (Å²) in [6, 6.07) is 16.5. The number of benzene rings is 2. The molecule has 130 valence electrons. The number of allylic oxidation sites excluding steroid dienone is 1. The number of hydrogen-bond donors (Lipinski definition) is 1. The smallest absolute Gasteiger partial charge is 0.337 e. The van der Waals surface area contributed by atoms with Crippen molar-refractivity contribution in [2.75, 3.05) is 0 Å². The minimum atomic E-state index is -1.04. The van der Waals surface area contributed by atoms with Crippen molar-refractivity contribution in [1.29, 1.82) is 0 Å². The van der Waals surface area contributed by atoms with Crippen LogP contribution in [0.1, 0.15) is 21.5 Å². The molecule has 1 heterocycles. The van der Waals surface area contributed by atoms with Gasteiger partial charge in [0.1, 0.15) is 0 Å². The summed E-state index contributed by atoms with van der Waals surface area (Å²) < 4.78 is 0. The molecule has 0 fully saturated rings. The van der Waals surface area contributed by atoms with Crippen molar-refractivity contribution in [3.63, 3.8) is 0 Å². The summed E-state index contributed by atoms with van der Waals surface area (Å²) >= 11 is 7.22. The van der Waals surface area contributed by atoms with Gasteiger partial charge in [-0.05, 0) is 40.3 Å². The predicted molar refractivity (Wildman–Crippen MR) is 106 cm³/mol. The molecular formula is C21H15ClO3S. The molecule has 26 heavy (non-hydrogen) atoms. The van der Waals surface area contributed by atoms with E-state index in [1.165, 1.54) is 17.4 Å². The van der Waals surface area contributed by atoms with Gasteiger partial charge in [0.15, 0.2) is 5.78 Å². The molecule has 2 aromatic carbocycles. The summed E-state index contributed by atoms with van der Waals surface area (Å²) in [4.78, 5) is 24.6. The van der Waals surface area contributed by atoms with E-state index in [1.54, 1.807) is 35.7 Å². The monoisotopic (exact) mass is 382 g/mol. The number of carboxylic acid groups (broad SMARTS) is 1. The number of carboxylic acids is 1. The summed E-state index contributed by atoms with van der Waals surface area (Å²) in [5, 5.41) is 11.9. The van der Waals surface area contributed by atoms with Crippen molar-refractivity contribution in [3.05, 3.63) is 87.8 Å². The Morgan fingerprint density at radius 1 is 1.04 bits per heavy atom. The van der Waals surface area contributed by atoms with Gasteiger partial charge in [0.25, 0.3) is 0 Å². The molecular weight excluding hydrogens is 368 g/mol. The molecule has 1 N–H and O–H groups in total. The maximum Gasteiger partial charge on any atom is 0.337 e. The van der Waals surface area contributed by atoms with Gasteiger partial charge in [-0.25, -0.2) is 4.79 Å². The molecule has 0 saturated carbocycles. The largest absolute Gasteiger partial charge is 0.478 e. The van der Waals surface area contributed by atoms with E-state index in [-0.39, 0.29) is 17.8 Å². The van der Waals surface area contributed by atoms with E-state index < -0.39 is 5.97 Å². The summed E-state index contributed by atoms with van der Waals surface area (Å²) in [7, 11) is 0. The van der Waals surface area contributed by atoms with Crippen LogP contribution in [-0.4, -0.2) is 16.9 Å². The lowest BCUT2D eigenvalue weighted by atomic mass is 10.0. The average Bonchev–Trinajstić information content (AvgIpc) is 3.05. The molecule has 0 aliphatic heterocycles. The maximum atomic E-state index is 12.3. The first-order chi connectivity index (χ1) is 12.5. The highest BCUT2D eigenvalue weighted by atomic mass is 35.5. The summed E-state index contributed by atoms with van der Waals surface area (Å²) in [5.41, 5.74) is 2.40. The van der Waals surface area contributed by atoms with Crippen LogP contribution in [0, 0.1) is 0 Å². The van der Waals surface area contributed by atoms with E-state index in [1.807, 2.05) is 30.3 Å². The second-order valence-corrected chi connectivity index (χ2v) is 6.98. The highest BCUT2D eigenvalue weighted by Gasteiger charge is 2.20. The predicted octanol–water partition coefficient (Wildman–Crippen LogP) is 5.59. The van der Waals surface area contributed by atoms with E-state index >= 15 is 0 Å². The van der Waals surface area contributed by atoms with Crippen molar-refractivity contribution in [3.8, 4) is 10.4 Å². The number of aromatic carboxylic acids is 1. The molecule has 0 bridgehead atoms. The van der Waals surface area contributed by atoms with Crippen molar-refractivity contribution >= 4 is 40.8 Å². The molecule has 3 nitrogen and oxygen atoms in total. The molecule has 0 amide bonds. The highest BCUT2D eigenvalue weighted by Crippen LogP contribution is 2.34. The topological polar surface area (TPSA) is 54.4 Å². The van der Waals surface area contributed by atoms with Gasteiger partial charge < -0.3 is 5.11 Å². The van der Waals surface area contributed by atoms with Gasteiger partial charge in [0.2, 0.25) is 0 Å². The van der Waals surface area contributed by atoms with Crippen molar-refractivity contribution in [1.82, 2.24) is 0 Å². The molecule has 0 aliphatic rings. The Balaban J connectivity index is 1.84. The number of thiophene rings is 1.